The molecule has 26 heavy (non-hydrogen) atoms. The molecule has 136 valence electrons. The van der Waals surface area contributed by atoms with Crippen molar-refractivity contribution in [1.82, 2.24) is 4.98 Å². The van der Waals surface area contributed by atoms with E-state index in [9.17, 15) is 0 Å². The van der Waals surface area contributed by atoms with Crippen molar-refractivity contribution >= 4 is 46.0 Å². The van der Waals surface area contributed by atoms with E-state index in [-0.39, 0.29) is 11.1 Å². The Kier molecular flexibility index (Phi) is 5.82. The van der Waals surface area contributed by atoms with E-state index in [0.717, 1.165) is 9.61 Å². The van der Waals surface area contributed by atoms with E-state index < -0.39 is 8.32 Å². The molecule has 3 aromatic rings. The molecule has 1 atom stereocenters. The molecule has 2 nitrogen and oxygen atoms in total. The Balaban J connectivity index is 2.17. The van der Waals surface area contributed by atoms with Crippen molar-refractivity contribution in [3.8, 4) is 0 Å². The third kappa shape index (κ3) is 3.72. The quantitative estimate of drug-likeness (QED) is 0.480. The predicted molar refractivity (Wildman–Crippen MR) is 117 cm³/mol. The first kappa shape index (κ1) is 19.5. The van der Waals surface area contributed by atoms with Crippen LogP contribution in [0.15, 0.2) is 70.0 Å². The van der Waals surface area contributed by atoms with Gasteiger partial charge in [0, 0.05) is 5.38 Å². The summed E-state index contributed by atoms with van der Waals surface area (Å²) in [5.41, 5.74) is 0.981. The first-order valence-electron chi connectivity index (χ1n) is 8.74. The highest BCUT2D eigenvalue weighted by atomic mass is 79.9. The lowest BCUT2D eigenvalue weighted by atomic mass is 10.2. The molecule has 0 aliphatic rings. The van der Waals surface area contributed by atoms with Crippen LogP contribution in [0.4, 0.5) is 0 Å². The molecule has 0 saturated heterocycles. The highest BCUT2D eigenvalue weighted by Crippen LogP contribution is 2.39. The van der Waals surface area contributed by atoms with Crippen LogP contribution < -0.4 is 10.4 Å². The molecule has 0 radical (unpaired) electrons. The Morgan fingerprint density at radius 1 is 0.962 bits per heavy atom. The number of benzene rings is 2. The van der Waals surface area contributed by atoms with Gasteiger partial charge in [-0.1, -0.05) is 81.4 Å². The van der Waals surface area contributed by atoms with E-state index in [4.69, 9.17) is 4.43 Å². The van der Waals surface area contributed by atoms with Gasteiger partial charge in [0.05, 0.1) is 11.8 Å². The van der Waals surface area contributed by atoms with Gasteiger partial charge in [-0.05, 0) is 38.3 Å². The monoisotopic (exact) mass is 445 g/mol. The Bertz CT molecular complexity index is 806. The summed E-state index contributed by atoms with van der Waals surface area (Å²) < 4.78 is 7.93. The molecule has 1 heterocycles. The fourth-order valence-corrected chi connectivity index (χ4v) is 9.24. The molecule has 1 unspecified atom stereocenters. The van der Waals surface area contributed by atoms with E-state index in [1.54, 1.807) is 11.3 Å². The SMILES string of the molecule is CC(O[Si](c1ccccc1)(c1ccccc1)C(C)(C)C)c1csc(Br)n1. The van der Waals surface area contributed by atoms with E-state index in [1.807, 2.05) is 0 Å². The number of halogens is 1. The lowest BCUT2D eigenvalue weighted by Crippen LogP contribution is -2.66. The van der Waals surface area contributed by atoms with Crippen LogP contribution in [-0.2, 0) is 4.43 Å². The molecule has 0 aliphatic heterocycles. The van der Waals surface area contributed by atoms with Crippen molar-refractivity contribution < 1.29 is 4.43 Å². The Morgan fingerprint density at radius 3 is 1.85 bits per heavy atom. The van der Waals surface area contributed by atoms with E-state index in [2.05, 4.69) is 115 Å². The predicted octanol–water partition coefficient (Wildman–Crippen LogP) is 5.54. The standard InChI is InChI=1S/C21H24BrNOSSi/c1-16(19-15-25-20(22)23-19)24-26(21(2,3)4,17-11-7-5-8-12-17)18-13-9-6-10-14-18/h5-16H,1-4H3. The van der Waals surface area contributed by atoms with Gasteiger partial charge < -0.3 is 4.43 Å². The Labute approximate surface area is 169 Å². The van der Waals surface area contributed by atoms with Gasteiger partial charge in [0.15, 0.2) is 3.92 Å². The molecular formula is C21H24BrNOSSi. The lowest BCUT2D eigenvalue weighted by molar-refractivity contribution is 0.206. The summed E-state index contributed by atoms with van der Waals surface area (Å²) in [6, 6.07) is 21.4. The van der Waals surface area contributed by atoms with Crippen LogP contribution in [0.1, 0.15) is 39.5 Å². The number of hydrogen-bond acceptors (Lipinski definition) is 3. The van der Waals surface area contributed by atoms with Crippen molar-refractivity contribution in [3.05, 3.63) is 75.7 Å². The average Bonchev–Trinajstić information content (AvgIpc) is 3.06. The molecular weight excluding hydrogens is 422 g/mol. The van der Waals surface area contributed by atoms with Gasteiger partial charge in [0.2, 0.25) is 0 Å². The molecule has 0 amide bonds. The summed E-state index contributed by atoms with van der Waals surface area (Å²) in [7, 11) is -2.54. The van der Waals surface area contributed by atoms with Gasteiger partial charge in [0.1, 0.15) is 0 Å². The minimum absolute atomic E-state index is 0.0305. The third-order valence-electron chi connectivity index (χ3n) is 4.68. The van der Waals surface area contributed by atoms with Gasteiger partial charge in [-0.2, -0.15) is 0 Å². The molecule has 2 aromatic carbocycles. The third-order valence-corrected chi connectivity index (χ3v) is 11.2. The number of aromatic nitrogens is 1. The highest BCUT2D eigenvalue weighted by molar-refractivity contribution is 9.11. The zero-order valence-electron chi connectivity index (χ0n) is 15.6. The number of rotatable bonds is 5. The van der Waals surface area contributed by atoms with Crippen LogP contribution in [0.3, 0.4) is 0 Å². The number of hydrogen-bond donors (Lipinski definition) is 0. The Morgan fingerprint density at radius 2 is 1.46 bits per heavy atom. The minimum Gasteiger partial charge on any atom is -0.399 e. The maximum Gasteiger partial charge on any atom is 0.261 e. The van der Waals surface area contributed by atoms with Gasteiger partial charge in [-0.3, -0.25) is 0 Å². The van der Waals surface area contributed by atoms with Gasteiger partial charge in [-0.15, -0.1) is 11.3 Å². The molecule has 0 spiro atoms. The topological polar surface area (TPSA) is 22.1 Å². The molecule has 1 aromatic heterocycles. The van der Waals surface area contributed by atoms with E-state index >= 15 is 0 Å². The van der Waals surface area contributed by atoms with Crippen LogP contribution in [0.2, 0.25) is 5.04 Å². The summed E-state index contributed by atoms with van der Waals surface area (Å²) in [4.78, 5) is 4.60. The minimum atomic E-state index is -2.54. The van der Waals surface area contributed by atoms with E-state index in [1.165, 1.54) is 10.4 Å². The van der Waals surface area contributed by atoms with Crippen LogP contribution in [0.25, 0.3) is 0 Å². The number of nitrogens with zero attached hydrogens (tertiary/aromatic N) is 1. The van der Waals surface area contributed by atoms with Crippen molar-refractivity contribution in [2.24, 2.45) is 0 Å². The van der Waals surface area contributed by atoms with Crippen LogP contribution in [0.5, 0.6) is 0 Å². The zero-order valence-corrected chi connectivity index (χ0v) is 19.0. The summed E-state index contributed by atoms with van der Waals surface area (Å²) in [6.07, 6.45) is -0.0798. The van der Waals surface area contributed by atoms with Crippen LogP contribution in [0, 0.1) is 0 Å². The molecule has 0 bridgehead atoms. The summed E-state index contributed by atoms with van der Waals surface area (Å²) >= 11 is 5.07. The molecule has 0 fully saturated rings. The first-order chi connectivity index (χ1) is 12.3. The second-order valence-corrected chi connectivity index (χ2v) is 13.8. The molecule has 0 aliphatic carbocycles. The molecule has 0 N–H and O–H groups in total. The lowest BCUT2D eigenvalue weighted by Gasteiger charge is -2.44. The van der Waals surface area contributed by atoms with Gasteiger partial charge >= 0.3 is 0 Å². The summed E-state index contributed by atoms with van der Waals surface area (Å²) in [5.74, 6) is 0. The smallest absolute Gasteiger partial charge is 0.261 e. The van der Waals surface area contributed by atoms with Gasteiger partial charge in [0.25, 0.3) is 8.32 Å². The van der Waals surface area contributed by atoms with Gasteiger partial charge in [-0.25, -0.2) is 4.98 Å². The van der Waals surface area contributed by atoms with Crippen molar-refractivity contribution in [2.75, 3.05) is 0 Å². The fraction of sp³-hybridized carbons (Fsp3) is 0.286. The largest absolute Gasteiger partial charge is 0.399 e. The zero-order chi connectivity index (χ0) is 18.8. The first-order valence-corrected chi connectivity index (χ1v) is 12.3. The number of thiazole rings is 1. The highest BCUT2D eigenvalue weighted by Gasteiger charge is 2.51. The van der Waals surface area contributed by atoms with Crippen molar-refractivity contribution in [2.45, 2.75) is 38.8 Å². The molecule has 5 heteroatoms. The second kappa shape index (κ2) is 7.77. The molecule has 0 saturated carbocycles. The summed E-state index contributed by atoms with van der Waals surface area (Å²) in [5, 5.41) is 4.63. The normalized spacial score (nSPS) is 13.6. The van der Waals surface area contributed by atoms with Crippen LogP contribution in [-0.4, -0.2) is 13.3 Å². The van der Waals surface area contributed by atoms with Crippen molar-refractivity contribution in [3.63, 3.8) is 0 Å². The van der Waals surface area contributed by atoms with Crippen molar-refractivity contribution in [1.29, 1.82) is 0 Å². The maximum absolute atomic E-state index is 7.04. The fourth-order valence-electron chi connectivity index (χ4n) is 3.47. The van der Waals surface area contributed by atoms with E-state index in [0.29, 0.717) is 0 Å². The van der Waals surface area contributed by atoms with Crippen LogP contribution >= 0.6 is 27.3 Å². The average molecular weight is 446 g/mol. The molecule has 3 rings (SSSR count). The second-order valence-electron chi connectivity index (χ2n) is 7.45. The maximum atomic E-state index is 7.04. The Hall–Kier alpha value is -1.27. The summed E-state index contributed by atoms with van der Waals surface area (Å²) in [6.45, 7) is 9.00.